The third kappa shape index (κ3) is 2.28. The number of carbonyl (C=O) groups excluding carboxylic acids is 3. The summed E-state index contributed by atoms with van der Waals surface area (Å²) >= 11 is 0. The lowest BCUT2D eigenvalue weighted by atomic mass is 9.71. The van der Waals surface area contributed by atoms with Gasteiger partial charge >= 0.3 is 0 Å². The second-order valence-electron chi connectivity index (χ2n) is 5.44. The minimum absolute atomic E-state index is 0.0466. The van der Waals surface area contributed by atoms with Crippen LogP contribution in [-0.2, 0) is 14.4 Å². The van der Waals surface area contributed by atoms with E-state index in [1.807, 2.05) is 0 Å². The van der Waals surface area contributed by atoms with Crippen LogP contribution in [0.5, 0.6) is 0 Å². The maximum absolute atomic E-state index is 12.3. The van der Waals surface area contributed by atoms with Crippen molar-refractivity contribution >= 4 is 17.5 Å². The van der Waals surface area contributed by atoms with Crippen LogP contribution in [0.4, 0.5) is 0 Å². The van der Waals surface area contributed by atoms with Crippen molar-refractivity contribution < 1.29 is 14.4 Å². The molecular weight excluding hydrogens is 230 g/mol. The Morgan fingerprint density at radius 3 is 1.89 bits per heavy atom. The Balaban J connectivity index is 3.36. The maximum Gasteiger partial charge on any atom is 0.218 e. The molecule has 0 radical (unpaired) electrons. The molecule has 1 rings (SSSR count). The molecule has 4 heteroatoms. The molecule has 18 heavy (non-hydrogen) atoms. The fraction of sp³-hybridized carbons (Fsp3) is 0.500. The van der Waals surface area contributed by atoms with E-state index in [0.29, 0.717) is 22.3 Å². The smallest absolute Gasteiger partial charge is 0.218 e. The van der Waals surface area contributed by atoms with Crippen LogP contribution >= 0.6 is 0 Å². The Hall–Kier alpha value is -1.71. The van der Waals surface area contributed by atoms with E-state index < -0.39 is 11.3 Å². The molecule has 4 nitrogen and oxygen atoms in total. The summed E-state index contributed by atoms with van der Waals surface area (Å²) in [5.41, 5.74) is 6.26. The van der Waals surface area contributed by atoms with E-state index in [2.05, 4.69) is 0 Å². The molecule has 0 spiro atoms. The molecule has 0 aliphatic heterocycles. The van der Waals surface area contributed by atoms with Crippen molar-refractivity contribution in [1.29, 1.82) is 0 Å². The molecule has 0 fully saturated rings. The molecule has 0 heterocycles. The largest absolute Gasteiger partial charge is 0.370 e. The van der Waals surface area contributed by atoms with E-state index in [4.69, 9.17) is 5.73 Å². The molecule has 98 valence electrons. The van der Waals surface area contributed by atoms with E-state index in [0.717, 1.165) is 0 Å². The average molecular weight is 249 g/mol. The number of primary amides is 1. The first-order valence-corrected chi connectivity index (χ1v) is 5.86. The van der Waals surface area contributed by atoms with Crippen molar-refractivity contribution in [3.05, 3.63) is 22.3 Å². The summed E-state index contributed by atoms with van der Waals surface area (Å²) in [7, 11) is 0. The zero-order chi connectivity index (χ0) is 14.2. The normalized spacial score (nSPS) is 17.6. The summed E-state index contributed by atoms with van der Waals surface area (Å²) in [4.78, 5) is 35.4. The number of carbonyl (C=O) groups is 3. The van der Waals surface area contributed by atoms with E-state index >= 15 is 0 Å². The fourth-order valence-corrected chi connectivity index (χ4v) is 2.43. The molecule has 0 aromatic carbocycles. The first kappa shape index (κ1) is 14.4. The summed E-state index contributed by atoms with van der Waals surface area (Å²) in [6.45, 7) is 8.44. The number of amides is 1. The highest BCUT2D eigenvalue weighted by Crippen LogP contribution is 2.38. The number of hydrogen-bond donors (Lipinski definition) is 1. The Morgan fingerprint density at radius 2 is 1.44 bits per heavy atom. The van der Waals surface area contributed by atoms with Crippen LogP contribution in [0.25, 0.3) is 0 Å². The Morgan fingerprint density at radius 1 is 1.00 bits per heavy atom. The van der Waals surface area contributed by atoms with E-state index in [9.17, 15) is 14.4 Å². The summed E-state index contributed by atoms with van der Waals surface area (Å²) in [6, 6.07) is 0. The van der Waals surface area contributed by atoms with E-state index in [-0.39, 0.29) is 18.0 Å². The number of Topliss-reactive ketones (excluding diaryl/α,β-unsaturated/α-hetero) is 2. The fourth-order valence-electron chi connectivity index (χ4n) is 2.43. The van der Waals surface area contributed by atoms with Gasteiger partial charge in [-0.2, -0.15) is 0 Å². The van der Waals surface area contributed by atoms with Crippen LogP contribution < -0.4 is 5.73 Å². The second kappa shape index (κ2) is 4.52. The lowest BCUT2D eigenvalue weighted by Crippen LogP contribution is -2.33. The van der Waals surface area contributed by atoms with Gasteiger partial charge in [-0.05, 0) is 20.8 Å². The predicted octanol–water partition coefficient (Wildman–Crippen LogP) is 1.69. The van der Waals surface area contributed by atoms with Gasteiger partial charge in [-0.15, -0.1) is 0 Å². The van der Waals surface area contributed by atoms with Crippen LogP contribution in [0.1, 0.15) is 41.0 Å². The second-order valence-corrected chi connectivity index (χ2v) is 5.44. The zero-order valence-electron chi connectivity index (χ0n) is 11.5. The van der Waals surface area contributed by atoms with Gasteiger partial charge in [0.15, 0.2) is 11.6 Å². The molecule has 1 amide bonds. The first-order chi connectivity index (χ1) is 8.09. The van der Waals surface area contributed by atoms with Gasteiger partial charge < -0.3 is 5.73 Å². The lowest BCUT2D eigenvalue weighted by molar-refractivity contribution is -0.120. The van der Waals surface area contributed by atoms with E-state index in [1.165, 1.54) is 0 Å². The van der Waals surface area contributed by atoms with Crippen molar-refractivity contribution in [3.63, 3.8) is 0 Å². The van der Waals surface area contributed by atoms with Crippen LogP contribution in [0.2, 0.25) is 0 Å². The van der Waals surface area contributed by atoms with Crippen LogP contribution in [-0.4, -0.2) is 17.5 Å². The number of ketones is 2. The molecule has 0 saturated heterocycles. The van der Waals surface area contributed by atoms with Crippen molar-refractivity contribution in [3.8, 4) is 0 Å². The molecule has 0 atom stereocenters. The Labute approximate surface area is 107 Å². The Bertz CT molecular complexity index is 507. The van der Waals surface area contributed by atoms with Crippen molar-refractivity contribution in [2.75, 3.05) is 0 Å². The summed E-state index contributed by atoms with van der Waals surface area (Å²) in [5, 5.41) is 0. The highest BCUT2D eigenvalue weighted by Gasteiger charge is 2.37. The number of allylic oxidation sites excluding steroid dienone is 4. The van der Waals surface area contributed by atoms with E-state index in [1.54, 1.807) is 34.6 Å². The molecule has 1 aliphatic rings. The van der Waals surface area contributed by atoms with Gasteiger partial charge in [-0.1, -0.05) is 13.8 Å². The van der Waals surface area contributed by atoms with Gasteiger partial charge in [-0.3, -0.25) is 14.4 Å². The first-order valence-electron chi connectivity index (χ1n) is 5.86. The van der Waals surface area contributed by atoms with Gasteiger partial charge in [0.1, 0.15) is 0 Å². The number of hydrogen-bond acceptors (Lipinski definition) is 3. The summed E-state index contributed by atoms with van der Waals surface area (Å²) < 4.78 is 0. The van der Waals surface area contributed by atoms with Crippen LogP contribution in [0, 0.1) is 5.41 Å². The molecule has 0 saturated carbocycles. The molecule has 0 aromatic heterocycles. The molecule has 2 N–H and O–H groups in total. The number of rotatable bonds is 3. The third-order valence-corrected chi connectivity index (χ3v) is 3.48. The lowest BCUT2D eigenvalue weighted by Gasteiger charge is -2.30. The van der Waals surface area contributed by atoms with Crippen LogP contribution in [0.3, 0.4) is 0 Å². The quantitative estimate of drug-likeness (QED) is 0.773. The van der Waals surface area contributed by atoms with Gasteiger partial charge in [0.2, 0.25) is 5.91 Å². The molecule has 0 bridgehead atoms. The molecule has 0 unspecified atom stereocenters. The highest BCUT2D eigenvalue weighted by atomic mass is 16.1. The third-order valence-electron chi connectivity index (χ3n) is 3.48. The Kier molecular flexibility index (Phi) is 3.60. The van der Waals surface area contributed by atoms with Crippen molar-refractivity contribution in [2.24, 2.45) is 11.1 Å². The summed E-state index contributed by atoms with van der Waals surface area (Å²) in [6.07, 6.45) is 0.0466. The van der Waals surface area contributed by atoms with Crippen LogP contribution in [0.15, 0.2) is 22.3 Å². The number of nitrogens with two attached hydrogens (primary N) is 1. The highest BCUT2D eigenvalue weighted by molar-refractivity contribution is 6.25. The topological polar surface area (TPSA) is 77.2 Å². The zero-order valence-corrected chi connectivity index (χ0v) is 11.5. The van der Waals surface area contributed by atoms with Crippen molar-refractivity contribution in [1.82, 2.24) is 0 Å². The monoisotopic (exact) mass is 249 g/mol. The molecule has 0 aromatic rings. The van der Waals surface area contributed by atoms with Gasteiger partial charge in [0, 0.05) is 34.1 Å². The average Bonchev–Trinajstić information content (AvgIpc) is 2.21. The standard InChI is InChI=1S/C14H19NO3/c1-7-8(2)13(18)11(9(3)12(7)17)14(4,5)6-10(15)16/h6H2,1-5H3,(H2,15,16). The SMILES string of the molecule is CC1=C(C)C(=O)C(C(C)(C)CC(N)=O)=C(C)C1=O. The molecular formula is C14H19NO3. The molecule has 1 aliphatic carbocycles. The van der Waals surface area contributed by atoms with Crippen molar-refractivity contribution in [2.45, 2.75) is 41.0 Å². The van der Waals surface area contributed by atoms with Gasteiger partial charge in [-0.25, -0.2) is 0 Å². The minimum Gasteiger partial charge on any atom is -0.370 e. The predicted molar refractivity (Wildman–Crippen MR) is 68.7 cm³/mol. The van der Waals surface area contributed by atoms with Gasteiger partial charge in [0.25, 0.3) is 0 Å². The van der Waals surface area contributed by atoms with Gasteiger partial charge in [0.05, 0.1) is 0 Å². The minimum atomic E-state index is -0.718. The maximum atomic E-state index is 12.3. The summed E-state index contributed by atoms with van der Waals surface area (Å²) in [5.74, 6) is -0.764.